The summed E-state index contributed by atoms with van der Waals surface area (Å²) in [5.41, 5.74) is 3.64. The van der Waals surface area contributed by atoms with E-state index in [-0.39, 0.29) is 17.9 Å². The van der Waals surface area contributed by atoms with Gasteiger partial charge in [0.25, 0.3) is 0 Å². The monoisotopic (exact) mass is 297 g/mol. The number of imidazole rings is 1. The molecule has 3 rings (SSSR count). The maximum atomic E-state index is 12.5. The van der Waals surface area contributed by atoms with E-state index in [1.54, 1.807) is 0 Å². The Morgan fingerprint density at radius 2 is 2.18 bits per heavy atom. The summed E-state index contributed by atoms with van der Waals surface area (Å²) in [5, 5.41) is 3.16. The minimum absolute atomic E-state index is 0.0465. The topological polar surface area (TPSA) is 46.9 Å². The second-order valence-corrected chi connectivity index (χ2v) is 6.09. The molecule has 1 amide bonds. The highest BCUT2D eigenvalue weighted by Crippen LogP contribution is 2.21. The first-order chi connectivity index (χ1) is 10.7. The molecular weight excluding hydrogens is 274 g/mol. The van der Waals surface area contributed by atoms with Gasteiger partial charge in [0.2, 0.25) is 5.91 Å². The molecular formula is C18H23N3O. The van der Waals surface area contributed by atoms with Crippen molar-refractivity contribution in [1.29, 1.82) is 0 Å². The minimum atomic E-state index is 0.0465. The first-order valence-electron chi connectivity index (χ1n) is 8.05. The molecule has 0 radical (unpaired) electrons. The summed E-state index contributed by atoms with van der Waals surface area (Å²) < 4.78 is 2.14. The largest absolute Gasteiger partial charge is 0.349 e. The average Bonchev–Trinajstić information content (AvgIpc) is 3.02. The fourth-order valence-electron chi connectivity index (χ4n) is 3.05. The first kappa shape index (κ1) is 14.8. The number of benzene rings is 1. The van der Waals surface area contributed by atoms with Crippen LogP contribution >= 0.6 is 0 Å². The Morgan fingerprint density at radius 1 is 1.41 bits per heavy atom. The van der Waals surface area contributed by atoms with Gasteiger partial charge in [-0.05, 0) is 30.9 Å². The molecule has 2 unspecified atom stereocenters. The number of amides is 1. The molecule has 4 nitrogen and oxygen atoms in total. The Kier molecular flexibility index (Phi) is 4.27. The predicted octanol–water partition coefficient (Wildman–Crippen LogP) is 2.89. The highest BCUT2D eigenvalue weighted by atomic mass is 16.1. The van der Waals surface area contributed by atoms with Crippen LogP contribution in [0.15, 0.2) is 36.8 Å². The van der Waals surface area contributed by atoms with E-state index in [2.05, 4.69) is 46.1 Å². The Hall–Kier alpha value is -2.10. The van der Waals surface area contributed by atoms with E-state index in [0.717, 1.165) is 37.1 Å². The molecule has 0 spiro atoms. The molecule has 0 saturated carbocycles. The lowest BCUT2D eigenvalue weighted by Crippen LogP contribution is -2.36. The number of carbonyl (C=O) groups is 1. The van der Waals surface area contributed by atoms with Crippen molar-refractivity contribution in [1.82, 2.24) is 14.9 Å². The van der Waals surface area contributed by atoms with Crippen molar-refractivity contribution in [2.24, 2.45) is 5.92 Å². The van der Waals surface area contributed by atoms with Crippen LogP contribution in [0.1, 0.15) is 43.1 Å². The quantitative estimate of drug-likeness (QED) is 0.943. The molecule has 1 aliphatic heterocycles. The third-order valence-corrected chi connectivity index (χ3v) is 4.59. The molecule has 22 heavy (non-hydrogen) atoms. The Morgan fingerprint density at radius 3 is 2.91 bits per heavy atom. The third-order valence-electron chi connectivity index (χ3n) is 4.59. The predicted molar refractivity (Wildman–Crippen MR) is 86.4 cm³/mol. The van der Waals surface area contributed by atoms with Gasteiger partial charge in [0.05, 0.1) is 12.4 Å². The molecule has 116 valence electrons. The van der Waals surface area contributed by atoms with Gasteiger partial charge in [-0.15, -0.1) is 0 Å². The van der Waals surface area contributed by atoms with Crippen molar-refractivity contribution in [3.05, 3.63) is 53.6 Å². The van der Waals surface area contributed by atoms with Crippen molar-refractivity contribution in [3.63, 3.8) is 0 Å². The number of nitrogens with zero attached hydrogens (tertiary/aromatic N) is 2. The highest BCUT2D eigenvalue weighted by Gasteiger charge is 2.25. The van der Waals surface area contributed by atoms with Crippen molar-refractivity contribution < 1.29 is 4.79 Å². The SMILES string of the molecule is CCc1ccc(C(C)NC(=O)C2CCn3cncc3C2)cc1. The molecule has 2 heterocycles. The summed E-state index contributed by atoms with van der Waals surface area (Å²) in [7, 11) is 0. The van der Waals surface area contributed by atoms with Crippen molar-refractivity contribution in [2.75, 3.05) is 0 Å². The number of nitrogens with one attached hydrogen (secondary N) is 1. The zero-order valence-corrected chi connectivity index (χ0v) is 13.2. The summed E-state index contributed by atoms with van der Waals surface area (Å²) in [6.07, 6.45) is 6.43. The van der Waals surface area contributed by atoms with Gasteiger partial charge in [-0.2, -0.15) is 0 Å². The number of hydrogen-bond acceptors (Lipinski definition) is 2. The van der Waals surface area contributed by atoms with Gasteiger partial charge in [-0.1, -0.05) is 31.2 Å². The standard InChI is InChI=1S/C18H23N3O/c1-3-14-4-6-15(7-5-14)13(2)20-18(22)16-8-9-21-12-19-11-17(21)10-16/h4-7,11-13,16H,3,8-10H2,1-2H3,(H,20,22). The maximum Gasteiger partial charge on any atom is 0.224 e. The lowest BCUT2D eigenvalue weighted by atomic mass is 9.94. The maximum absolute atomic E-state index is 12.5. The fourth-order valence-corrected chi connectivity index (χ4v) is 3.05. The summed E-state index contributed by atoms with van der Waals surface area (Å²) in [6.45, 7) is 5.08. The van der Waals surface area contributed by atoms with Crippen molar-refractivity contribution >= 4 is 5.91 Å². The molecule has 0 fully saturated rings. The minimum Gasteiger partial charge on any atom is -0.349 e. The molecule has 0 bridgehead atoms. The molecule has 1 aliphatic rings. The summed E-state index contributed by atoms with van der Waals surface area (Å²) in [5.74, 6) is 0.209. The second kappa shape index (κ2) is 6.34. The molecule has 2 atom stereocenters. The van der Waals surface area contributed by atoms with Crippen molar-refractivity contribution in [3.8, 4) is 0 Å². The zero-order chi connectivity index (χ0) is 15.5. The molecule has 1 aromatic carbocycles. The van der Waals surface area contributed by atoms with Crippen LogP contribution in [0.2, 0.25) is 0 Å². The van der Waals surface area contributed by atoms with Crippen LogP contribution in [0.4, 0.5) is 0 Å². The third kappa shape index (κ3) is 3.06. The first-order valence-corrected chi connectivity index (χ1v) is 8.05. The van der Waals surface area contributed by atoms with Gasteiger partial charge >= 0.3 is 0 Å². The van der Waals surface area contributed by atoms with Crippen LogP contribution in [0.25, 0.3) is 0 Å². The van der Waals surface area contributed by atoms with E-state index < -0.39 is 0 Å². The van der Waals surface area contributed by atoms with Crippen LogP contribution in [0.5, 0.6) is 0 Å². The van der Waals surface area contributed by atoms with Gasteiger partial charge < -0.3 is 9.88 Å². The molecule has 0 aliphatic carbocycles. The Labute approximate surface area is 131 Å². The van der Waals surface area contributed by atoms with Gasteiger partial charge in [-0.25, -0.2) is 4.98 Å². The van der Waals surface area contributed by atoms with E-state index in [0.29, 0.717) is 0 Å². The lowest BCUT2D eigenvalue weighted by Gasteiger charge is -2.25. The smallest absolute Gasteiger partial charge is 0.224 e. The van der Waals surface area contributed by atoms with E-state index in [9.17, 15) is 4.79 Å². The molecule has 4 heteroatoms. The Balaban J connectivity index is 1.61. The number of rotatable bonds is 4. The van der Waals surface area contributed by atoms with Gasteiger partial charge in [-0.3, -0.25) is 4.79 Å². The fraction of sp³-hybridized carbons (Fsp3) is 0.444. The molecule has 0 saturated heterocycles. The highest BCUT2D eigenvalue weighted by molar-refractivity contribution is 5.79. The van der Waals surface area contributed by atoms with Gasteiger partial charge in [0.15, 0.2) is 0 Å². The number of hydrogen-bond donors (Lipinski definition) is 1. The average molecular weight is 297 g/mol. The number of fused-ring (bicyclic) bond motifs is 1. The molecule has 1 aromatic heterocycles. The van der Waals surface area contributed by atoms with Crippen molar-refractivity contribution in [2.45, 2.75) is 45.7 Å². The molecule has 1 N–H and O–H groups in total. The van der Waals surface area contributed by atoms with Crippen LogP contribution < -0.4 is 5.32 Å². The van der Waals surface area contributed by atoms with Gasteiger partial charge in [0.1, 0.15) is 0 Å². The van der Waals surface area contributed by atoms with Crippen LogP contribution in [-0.4, -0.2) is 15.5 Å². The normalized spacial score (nSPS) is 18.5. The van der Waals surface area contributed by atoms with E-state index >= 15 is 0 Å². The van der Waals surface area contributed by atoms with E-state index in [1.807, 2.05) is 19.4 Å². The van der Waals surface area contributed by atoms with E-state index in [4.69, 9.17) is 0 Å². The van der Waals surface area contributed by atoms with Crippen LogP contribution in [0.3, 0.4) is 0 Å². The number of carbonyl (C=O) groups excluding carboxylic acids is 1. The van der Waals surface area contributed by atoms with Gasteiger partial charge in [0, 0.05) is 30.8 Å². The Bertz CT molecular complexity index is 645. The van der Waals surface area contributed by atoms with Crippen LogP contribution in [-0.2, 0) is 24.2 Å². The molecule has 2 aromatic rings. The lowest BCUT2D eigenvalue weighted by molar-refractivity contribution is -0.126. The summed E-state index contributed by atoms with van der Waals surface area (Å²) in [6, 6.07) is 8.54. The van der Waals surface area contributed by atoms with Crippen LogP contribution in [0, 0.1) is 5.92 Å². The zero-order valence-electron chi connectivity index (χ0n) is 13.2. The van der Waals surface area contributed by atoms with E-state index in [1.165, 1.54) is 5.56 Å². The number of aryl methyl sites for hydroxylation is 2. The summed E-state index contributed by atoms with van der Waals surface area (Å²) >= 11 is 0. The summed E-state index contributed by atoms with van der Waals surface area (Å²) in [4.78, 5) is 16.6. The second-order valence-electron chi connectivity index (χ2n) is 6.09. The number of aromatic nitrogens is 2.